The van der Waals surface area contributed by atoms with E-state index in [1.165, 1.54) is 19.3 Å². The summed E-state index contributed by atoms with van der Waals surface area (Å²) in [6, 6.07) is 0. The SMILES string of the molecule is C[C@@H]1CC2(C)CCC3[C@H]2C2CC3(N)CCCC21O. The Morgan fingerprint density at radius 3 is 2.67 bits per heavy atom. The topological polar surface area (TPSA) is 46.2 Å². The van der Waals surface area contributed by atoms with Crippen molar-refractivity contribution in [2.75, 3.05) is 0 Å². The third-order valence-electron chi connectivity index (χ3n) is 7.52. The van der Waals surface area contributed by atoms with Crippen LogP contribution in [0.2, 0.25) is 0 Å². The molecule has 2 nitrogen and oxygen atoms in total. The molecule has 4 aliphatic carbocycles. The van der Waals surface area contributed by atoms with E-state index in [2.05, 4.69) is 13.8 Å². The van der Waals surface area contributed by atoms with Gasteiger partial charge in [0, 0.05) is 5.54 Å². The van der Waals surface area contributed by atoms with Gasteiger partial charge in [-0.1, -0.05) is 13.8 Å². The highest BCUT2D eigenvalue weighted by atomic mass is 16.3. The predicted octanol–water partition coefficient (Wildman–Crippen LogP) is 2.69. The molecule has 2 bridgehead atoms. The molecule has 4 rings (SSSR count). The van der Waals surface area contributed by atoms with E-state index in [-0.39, 0.29) is 5.54 Å². The monoisotopic (exact) mass is 249 g/mol. The van der Waals surface area contributed by atoms with Crippen molar-refractivity contribution in [3.63, 3.8) is 0 Å². The Bertz CT molecular complexity index is 397. The van der Waals surface area contributed by atoms with Crippen molar-refractivity contribution in [3.05, 3.63) is 0 Å². The van der Waals surface area contributed by atoms with Crippen LogP contribution in [0.3, 0.4) is 0 Å². The Balaban J connectivity index is 1.87. The first-order valence-corrected chi connectivity index (χ1v) is 7.90. The molecule has 0 aromatic carbocycles. The highest BCUT2D eigenvalue weighted by Gasteiger charge is 2.69. The Morgan fingerprint density at radius 1 is 1.11 bits per heavy atom. The smallest absolute Gasteiger partial charge is 0.0705 e. The summed E-state index contributed by atoms with van der Waals surface area (Å²) in [5, 5.41) is 11.3. The Morgan fingerprint density at radius 2 is 1.89 bits per heavy atom. The highest BCUT2D eigenvalue weighted by Crippen LogP contribution is 2.70. The standard InChI is InChI=1S/C16H27NO/c1-10-8-14(2)7-4-11-13(14)12-9-15(11,17)5-3-6-16(10,12)18/h10-13,18H,3-9,17H2,1-2H3/t10-,11?,12?,13+,14?,15?,16?/m1/s1. The van der Waals surface area contributed by atoms with Gasteiger partial charge in [0.05, 0.1) is 5.60 Å². The van der Waals surface area contributed by atoms with Crippen LogP contribution in [0.25, 0.3) is 0 Å². The second-order valence-electron chi connectivity index (χ2n) is 8.32. The Labute approximate surface area is 110 Å². The first-order chi connectivity index (χ1) is 8.39. The summed E-state index contributed by atoms with van der Waals surface area (Å²) in [5.41, 5.74) is 6.92. The molecule has 0 aromatic heterocycles. The molecule has 18 heavy (non-hydrogen) atoms. The summed E-state index contributed by atoms with van der Waals surface area (Å²) < 4.78 is 0. The molecule has 0 amide bonds. The van der Waals surface area contributed by atoms with Crippen LogP contribution in [-0.4, -0.2) is 16.2 Å². The first-order valence-electron chi connectivity index (χ1n) is 7.90. The van der Waals surface area contributed by atoms with Gasteiger partial charge in [0.1, 0.15) is 0 Å². The minimum Gasteiger partial charge on any atom is -0.389 e. The van der Waals surface area contributed by atoms with Gasteiger partial charge in [0.25, 0.3) is 0 Å². The summed E-state index contributed by atoms with van der Waals surface area (Å²) in [4.78, 5) is 0. The maximum atomic E-state index is 11.3. The van der Waals surface area contributed by atoms with Gasteiger partial charge in [-0.3, -0.25) is 0 Å². The fourth-order valence-corrected chi connectivity index (χ4v) is 6.80. The lowest BCUT2D eigenvalue weighted by molar-refractivity contribution is -0.146. The highest BCUT2D eigenvalue weighted by molar-refractivity contribution is 5.21. The van der Waals surface area contributed by atoms with E-state index in [9.17, 15) is 5.11 Å². The van der Waals surface area contributed by atoms with Gasteiger partial charge in [-0.05, 0) is 74.0 Å². The van der Waals surface area contributed by atoms with Crippen molar-refractivity contribution in [1.82, 2.24) is 0 Å². The van der Waals surface area contributed by atoms with Gasteiger partial charge >= 0.3 is 0 Å². The molecule has 4 fully saturated rings. The predicted molar refractivity (Wildman–Crippen MR) is 71.9 cm³/mol. The van der Waals surface area contributed by atoms with Gasteiger partial charge < -0.3 is 10.8 Å². The van der Waals surface area contributed by atoms with E-state index >= 15 is 0 Å². The summed E-state index contributed by atoms with van der Waals surface area (Å²) in [6.07, 6.45) is 8.26. The van der Waals surface area contributed by atoms with Gasteiger partial charge in [-0.15, -0.1) is 0 Å². The van der Waals surface area contributed by atoms with E-state index in [4.69, 9.17) is 5.73 Å². The number of aliphatic hydroxyl groups is 1. The van der Waals surface area contributed by atoms with E-state index < -0.39 is 5.60 Å². The number of nitrogens with two attached hydrogens (primary N) is 1. The van der Waals surface area contributed by atoms with E-state index in [0.29, 0.717) is 29.1 Å². The minimum absolute atomic E-state index is 0.0572. The van der Waals surface area contributed by atoms with Crippen LogP contribution in [0.4, 0.5) is 0 Å². The fourth-order valence-electron chi connectivity index (χ4n) is 6.80. The average molecular weight is 249 g/mol. The van der Waals surface area contributed by atoms with Crippen LogP contribution in [-0.2, 0) is 0 Å². The van der Waals surface area contributed by atoms with Crippen molar-refractivity contribution in [2.45, 2.75) is 69.9 Å². The van der Waals surface area contributed by atoms with Crippen molar-refractivity contribution >= 4 is 0 Å². The molecule has 0 radical (unpaired) electrons. The number of fused-ring (bicyclic) bond motifs is 2. The van der Waals surface area contributed by atoms with Crippen LogP contribution in [0, 0.1) is 29.1 Å². The molecule has 3 N–H and O–H groups in total. The van der Waals surface area contributed by atoms with Gasteiger partial charge in [-0.2, -0.15) is 0 Å². The van der Waals surface area contributed by atoms with Crippen molar-refractivity contribution in [1.29, 1.82) is 0 Å². The molecule has 0 spiro atoms. The largest absolute Gasteiger partial charge is 0.389 e. The number of hydrogen-bond donors (Lipinski definition) is 2. The molecular weight excluding hydrogens is 222 g/mol. The lowest BCUT2D eigenvalue weighted by Gasteiger charge is -2.53. The van der Waals surface area contributed by atoms with Crippen LogP contribution < -0.4 is 5.73 Å². The van der Waals surface area contributed by atoms with E-state index in [1.807, 2.05) is 0 Å². The molecule has 4 aliphatic rings. The maximum absolute atomic E-state index is 11.3. The molecular formula is C16H27NO. The molecule has 4 saturated carbocycles. The van der Waals surface area contributed by atoms with Gasteiger partial charge in [0.15, 0.2) is 0 Å². The number of rotatable bonds is 0. The third-order valence-corrected chi connectivity index (χ3v) is 7.52. The maximum Gasteiger partial charge on any atom is 0.0705 e. The zero-order valence-electron chi connectivity index (χ0n) is 11.8. The molecule has 0 aliphatic heterocycles. The second kappa shape index (κ2) is 3.15. The van der Waals surface area contributed by atoms with E-state index in [0.717, 1.165) is 25.7 Å². The van der Waals surface area contributed by atoms with Gasteiger partial charge in [0.2, 0.25) is 0 Å². The third kappa shape index (κ3) is 1.13. The van der Waals surface area contributed by atoms with Gasteiger partial charge in [-0.25, -0.2) is 0 Å². The molecule has 7 atom stereocenters. The molecule has 102 valence electrons. The average Bonchev–Trinajstić information content (AvgIpc) is 2.72. The molecule has 0 aromatic rings. The zero-order chi connectivity index (χ0) is 12.8. The zero-order valence-corrected chi connectivity index (χ0v) is 11.8. The Kier molecular flexibility index (Phi) is 2.05. The summed E-state index contributed by atoms with van der Waals surface area (Å²) >= 11 is 0. The molecule has 0 heterocycles. The lowest BCUT2D eigenvalue weighted by Crippen LogP contribution is -2.54. The summed E-state index contributed by atoms with van der Waals surface area (Å²) in [5.74, 6) is 2.37. The van der Waals surface area contributed by atoms with Crippen LogP contribution in [0.5, 0.6) is 0 Å². The van der Waals surface area contributed by atoms with Crippen LogP contribution >= 0.6 is 0 Å². The minimum atomic E-state index is -0.398. The summed E-state index contributed by atoms with van der Waals surface area (Å²) in [7, 11) is 0. The normalized spacial score (nSPS) is 66.0. The van der Waals surface area contributed by atoms with Crippen LogP contribution in [0.15, 0.2) is 0 Å². The fraction of sp³-hybridized carbons (Fsp3) is 1.00. The van der Waals surface area contributed by atoms with Crippen LogP contribution in [0.1, 0.15) is 58.8 Å². The first kappa shape index (κ1) is 11.7. The van der Waals surface area contributed by atoms with E-state index in [1.54, 1.807) is 0 Å². The second-order valence-corrected chi connectivity index (χ2v) is 8.32. The quantitative estimate of drug-likeness (QED) is 0.693. The summed E-state index contributed by atoms with van der Waals surface area (Å²) in [6.45, 7) is 4.77. The Hall–Kier alpha value is -0.0800. The van der Waals surface area contributed by atoms with Crippen molar-refractivity contribution < 1.29 is 5.11 Å². The molecule has 2 heteroatoms. The molecule has 5 unspecified atom stereocenters. The lowest BCUT2D eigenvalue weighted by atomic mass is 9.54. The van der Waals surface area contributed by atoms with Crippen molar-refractivity contribution in [2.24, 2.45) is 34.8 Å². The van der Waals surface area contributed by atoms with Crippen molar-refractivity contribution in [3.8, 4) is 0 Å². The molecule has 0 saturated heterocycles. The number of hydrogen-bond acceptors (Lipinski definition) is 2.